The molecule has 1 amide bonds. The van der Waals surface area contributed by atoms with Gasteiger partial charge in [0.05, 0.1) is 11.3 Å². The van der Waals surface area contributed by atoms with Gasteiger partial charge in [0, 0.05) is 23.9 Å². The van der Waals surface area contributed by atoms with E-state index in [1.165, 1.54) is 0 Å². The molecule has 0 spiro atoms. The summed E-state index contributed by atoms with van der Waals surface area (Å²) in [5.41, 5.74) is 2.04. The molecule has 110 valence electrons. The van der Waals surface area contributed by atoms with Gasteiger partial charge in [-0.1, -0.05) is 5.16 Å². The van der Waals surface area contributed by atoms with Gasteiger partial charge >= 0.3 is 0 Å². The van der Waals surface area contributed by atoms with Crippen LogP contribution in [-0.4, -0.2) is 30.8 Å². The fourth-order valence-electron chi connectivity index (χ4n) is 2.10. The number of carbonyl (C=O) groups excluding carboxylic acids is 1. The van der Waals surface area contributed by atoms with Crippen molar-refractivity contribution in [3.05, 3.63) is 47.8 Å². The van der Waals surface area contributed by atoms with E-state index in [4.69, 9.17) is 4.52 Å². The molecule has 0 aliphatic carbocycles. The number of aromatic nitrogens is 5. The summed E-state index contributed by atoms with van der Waals surface area (Å²) in [6.45, 7) is 0. The third-order valence-electron chi connectivity index (χ3n) is 3.23. The molecule has 1 aliphatic rings. The molecule has 3 aromatic rings. The number of fused-ring (bicyclic) bond motifs is 1. The van der Waals surface area contributed by atoms with Crippen LogP contribution in [0.25, 0.3) is 5.82 Å². The summed E-state index contributed by atoms with van der Waals surface area (Å²) in [6.07, 6.45) is 5.00. The first-order chi connectivity index (χ1) is 10.8. The Morgan fingerprint density at radius 2 is 2.27 bits per heavy atom. The van der Waals surface area contributed by atoms with Crippen molar-refractivity contribution in [1.82, 2.24) is 24.9 Å². The quantitative estimate of drug-likeness (QED) is 0.784. The summed E-state index contributed by atoms with van der Waals surface area (Å²) < 4.78 is 6.86. The molecule has 0 radical (unpaired) electrons. The van der Waals surface area contributed by atoms with Crippen molar-refractivity contribution in [2.75, 3.05) is 5.32 Å². The number of nitrogens with one attached hydrogen (secondary N) is 1. The standard InChI is InChI=1S/C13H10N6O2S/c20-12(15-13-8-5-22-6-10(8)18-21-13)9-1-2-11(17-16-9)19-4-3-14-7-19/h1-4,7H,5-6H2,(H,15,20). The molecule has 22 heavy (non-hydrogen) atoms. The highest BCUT2D eigenvalue weighted by molar-refractivity contribution is 7.98. The summed E-state index contributed by atoms with van der Waals surface area (Å²) in [4.78, 5) is 16.1. The van der Waals surface area contributed by atoms with E-state index in [2.05, 4.69) is 25.7 Å². The van der Waals surface area contributed by atoms with Crippen LogP contribution in [0.2, 0.25) is 0 Å². The zero-order valence-electron chi connectivity index (χ0n) is 11.3. The lowest BCUT2D eigenvalue weighted by Gasteiger charge is -2.03. The van der Waals surface area contributed by atoms with Crippen molar-refractivity contribution in [3.63, 3.8) is 0 Å². The Kier molecular flexibility index (Phi) is 3.11. The number of amides is 1. The summed E-state index contributed by atoms with van der Waals surface area (Å²) in [5.74, 6) is 2.21. The van der Waals surface area contributed by atoms with E-state index >= 15 is 0 Å². The summed E-state index contributed by atoms with van der Waals surface area (Å²) in [7, 11) is 0. The van der Waals surface area contributed by atoms with Gasteiger partial charge < -0.3 is 4.52 Å². The van der Waals surface area contributed by atoms with Crippen LogP contribution in [0.1, 0.15) is 21.7 Å². The van der Waals surface area contributed by atoms with Crippen LogP contribution in [0.15, 0.2) is 35.4 Å². The fraction of sp³-hybridized carbons (Fsp3) is 0.154. The van der Waals surface area contributed by atoms with Crippen LogP contribution in [0.3, 0.4) is 0 Å². The SMILES string of the molecule is O=C(Nc1onc2c1CSC2)c1ccc(-n2ccnc2)nn1. The van der Waals surface area contributed by atoms with Gasteiger partial charge in [-0.2, -0.15) is 11.8 Å². The van der Waals surface area contributed by atoms with Gasteiger partial charge in [0.1, 0.15) is 6.33 Å². The first kappa shape index (κ1) is 13.0. The van der Waals surface area contributed by atoms with Crippen LogP contribution in [0, 0.1) is 0 Å². The van der Waals surface area contributed by atoms with Crippen molar-refractivity contribution in [3.8, 4) is 5.82 Å². The third kappa shape index (κ3) is 2.25. The third-order valence-corrected chi connectivity index (χ3v) is 4.20. The smallest absolute Gasteiger partial charge is 0.278 e. The van der Waals surface area contributed by atoms with E-state index < -0.39 is 0 Å². The molecule has 9 heteroatoms. The average molecular weight is 314 g/mol. The van der Waals surface area contributed by atoms with Gasteiger partial charge in [0.25, 0.3) is 5.91 Å². The van der Waals surface area contributed by atoms with Crippen molar-refractivity contribution in [2.24, 2.45) is 0 Å². The van der Waals surface area contributed by atoms with Crippen molar-refractivity contribution in [1.29, 1.82) is 0 Å². The molecular weight excluding hydrogens is 304 g/mol. The van der Waals surface area contributed by atoms with E-state index in [9.17, 15) is 4.79 Å². The fourth-order valence-corrected chi connectivity index (χ4v) is 3.12. The van der Waals surface area contributed by atoms with Crippen molar-refractivity contribution < 1.29 is 9.32 Å². The van der Waals surface area contributed by atoms with Crippen LogP contribution in [0.5, 0.6) is 0 Å². The van der Waals surface area contributed by atoms with E-state index in [-0.39, 0.29) is 11.6 Å². The van der Waals surface area contributed by atoms with Gasteiger partial charge in [0.2, 0.25) is 5.88 Å². The summed E-state index contributed by atoms with van der Waals surface area (Å²) in [5, 5.41) is 14.6. The first-order valence-electron chi connectivity index (χ1n) is 6.50. The maximum absolute atomic E-state index is 12.2. The highest BCUT2D eigenvalue weighted by Gasteiger charge is 2.23. The van der Waals surface area contributed by atoms with Gasteiger partial charge in [0.15, 0.2) is 11.5 Å². The number of thioether (sulfide) groups is 1. The zero-order valence-corrected chi connectivity index (χ0v) is 12.1. The van der Waals surface area contributed by atoms with E-state index in [0.29, 0.717) is 11.7 Å². The second kappa shape index (κ2) is 5.26. The minimum absolute atomic E-state index is 0.208. The molecule has 0 unspecified atom stereocenters. The molecule has 0 fully saturated rings. The molecule has 4 rings (SSSR count). The second-order valence-corrected chi connectivity index (χ2v) is 5.62. The average Bonchev–Trinajstić information content (AvgIpc) is 3.27. The minimum Gasteiger partial charge on any atom is -0.338 e. The Morgan fingerprint density at radius 1 is 1.32 bits per heavy atom. The number of hydrogen-bond acceptors (Lipinski definition) is 7. The molecular formula is C13H10N6O2S. The molecule has 0 saturated carbocycles. The molecule has 0 aromatic carbocycles. The molecule has 3 aromatic heterocycles. The van der Waals surface area contributed by atoms with Crippen molar-refractivity contribution >= 4 is 23.6 Å². The summed E-state index contributed by atoms with van der Waals surface area (Å²) in [6, 6.07) is 3.30. The molecule has 0 bridgehead atoms. The van der Waals surface area contributed by atoms with Gasteiger partial charge in [-0.15, -0.1) is 10.2 Å². The highest BCUT2D eigenvalue weighted by atomic mass is 32.2. The molecule has 8 nitrogen and oxygen atoms in total. The number of carbonyl (C=O) groups is 1. The lowest BCUT2D eigenvalue weighted by molar-refractivity contribution is 0.101. The lowest BCUT2D eigenvalue weighted by Crippen LogP contribution is -2.15. The van der Waals surface area contributed by atoms with Crippen molar-refractivity contribution in [2.45, 2.75) is 11.5 Å². The normalized spacial score (nSPS) is 13.1. The maximum Gasteiger partial charge on any atom is 0.278 e. The Morgan fingerprint density at radius 3 is 3.05 bits per heavy atom. The Bertz CT molecular complexity index is 812. The first-order valence-corrected chi connectivity index (χ1v) is 7.65. The molecule has 1 aliphatic heterocycles. The topological polar surface area (TPSA) is 98.7 Å². The van der Waals surface area contributed by atoms with Crippen LogP contribution < -0.4 is 5.32 Å². The van der Waals surface area contributed by atoms with Crippen LogP contribution in [-0.2, 0) is 11.5 Å². The zero-order chi connectivity index (χ0) is 14.9. The predicted octanol–water partition coefficient (Wildman–Crippen LogP) is 1.65. The highest BCUT2D eigenvalue weighted by Crippen LogP contribution is 2.34. The lowest BCUT2D eigenvalue weighted by atomic mass is 10.3. The molecule has 4 heterocycles. The minimum atomic E-state index is -0.375. The maximum atomic E-state index is 12.2. The number of anilines is 1. The van der Waals surface area contributed by atoms with Crippen LogP contribution >= 0.6 is 11.8 Å². The van der Waals surface area contributed by atoms with Gasteiger partial charge in [-0.05, 0) is 12.1 Å². The molecule has 1 N–H and O–H groups in total. The summed E-state index contributed by atoms with van der Waals surface area (Å²) >= 11 is 1.74. The monoisotopic (exact) mass is 314 g/mol. The largest absolute Gasteiger partial charge is 0.338 e. The van der Waals surface area contributed by atoms with Crippen LogP contribution in [0.4, 0.5) is 5.88 Å². The number of imidazole rings is 1. The second-order valence-electron chi connectivity index (χ2n) is 4.63. The number of hydrogen-bond donors (Lipinski definition) is 1. The van der Waals surface area contributed by atoms with E-state index in [1.54, 1.807) is 47.2 Å². The Balaban J connectivity index is 1.53. The van der Waals surface area contributed by atoms with Gasteiger partial charge in [-0.25, -0.2) is 4.98 Å². The van der Waals surface area contributed by atoms with Gasteiger partial charge in [-0.3, -0.25) is 14.7 Å². The Hall–Kier alpha value is -2.68. The predicted molar refractivity (Wildman–Crippen MR) is 78.6 cm³/mol. The molecule has 0 atom stereocenters. The Labute approximate surface area is 128 Å². The number of rotatable bonds is 3. The van der Waals surface area contributed by atoms with E-state index in [1.807, 2.05) is 0 Å². The number of nitrogens with zero attached hydrogens (tertiary/aromatic N) is 5. The van der Waals surface area contributed by atoms with E-state index in [0.717, 1.165) is 22.8 Å². The molecule has 0 saturated heterocycles.